The van der Waals surface area contributed by atoms with E-state index in [-0.39, 0.29) is 55.6 Å². The van der Waals surface area contributed by atoms with Crippen molar-refractivity contribution in [3.8, 4) is 0 Å². The second-order valence-corrected chi connectivity index (χ2v) is 15.5. The van der Waals surface area contributed by atoms with Gasteiger partial charge in [0.15, 0.2) is 8.67 Å². The molecule has 4 fully saturated rings. The van der Waals surface area contributed by atoms with Crippen molar-refractivity contribution in [1.29, 1.82) is 0 Å². The van der Waals surface area contributed by atoms with Crippen LogP contribution in [0.15, 0.2) is 20.1 Å². The maximum atomic E-state index is 7.09. The molecule has 0 aromatic carbocycles. The SMILES string of the molecule is ClC1=C(Cl)[C@@]2(Cl)[C@@H]3C4CC([C@H]3[C@@]1(Cl)C2(Cl)Cl)[C@@H]1[C@@H]4[C@@]2(Cl)C(Cl)=C(Cl)[C@]1(Cl)C2(Cl)Cl. The topological polar surface area (TPSA) is 0 Å². The number of hydrogen-bond donors (Lipinski definition) is 0. The highest BCUT2D eigenvalue weighted by Gasteiger charge is 2.94. The standard InChI is InChI=1S/C17H8Cl12/c18-8-10(20)14(24)6-3-1-2(4(6)12(8,22)16(14,26)27)5-7(3)15(25)11(21)9(19)13(5,23)17(15,28)29/h2-7H,1H2/t2?,3?,4-,5-,6-,7-,12-,13+,14+,15+/m1/s1. The summed E-state index contributed by atoms with van der Waals surface area (Å²) in [6.45, 7) is 0. The molecule has 0 amide bonds. The van der Waals surface area contributed by atoms with Gasteiger partial charge in [-0.05, 0) is 41.9 Å². The highest BCUT2D eigenvalue weighted by Crippen LogP contribution is 2.90. The third-order valence-electron chi connectivity index (χ3n) is 8.49. The molecule has 10 atom stereocenters. The predicted molar refractivity (Wildman–Crippen MR) is 126 cm³/mol. The van der Waals surface area contributed by atoms with Crippen molar-refractivity contribution in [3.63, 3.8) is 0 Å². The molecule has 0 aliphatic heterocycles. The van der Waals surface area contributed by atoms with E-state index in [9.17, 15) is 0 Å². The first kappa shape index (κ1) is 22.4. The Bertz CT molecular complexity index is 825. The van der Waals surface area contributed by atoms with E-state index >= 15 is 0 Å². The van der Waals surface area contributed by atoms with Crippen LogP contribution in [0.2, 0.25) is 0 Å². The van der Waals surface area contributed by atoms with Crippen LogP contribution < -0.4 is 0 Å². The largest absolute Gasteiger partial charge is 0.166 e. The summed E-state index contributed by atoms with van der Waals surface area (Å²) in [5, 5.41) is 0.671. The van der Waals surface area contributed by atoms with Crippen LogP contribution in [0.5, 0.6) is 0 Å². The second kappa shape index (κ2) is 5.68. The lowest BCUT2D eigenvalue weighted by Gasteiger charge is -2.49. The Hall–Kier alpha value is 2.96. The Morgan fingerprint density at radius 2 is 0.655 bits per heavy atom. The molecule has 0 aromatic rings. The fourth-order valence-electron chi connectivity index (χ4n) is 7.72. The van der Waals surface area contributed by atoms with Crippen LogP contribution in [0, 0.1) is 35.5 Å². The number of halogens is 12. The van der Waals surface area contributed by atoms with Gasteiger partial charge in [-0.15, -0.1) is 46.4 Å². The monoisotopic (exact) mass is 632 g/mol. The van der Waals surface area contributed by atoms with Gasteiger partial charge in [0.05, 0.1) is 20.1 Å². The Labute approximate surface area is 227 Å². The van der Waals surface area contributed by atoms with Gasteiger partial charge in [0.1, 0.15) is 19.5 Å². The zero-order valence-corrected chi connectivity index (χ0v) is 22.8. The molecular formula is C17H8Cl12. The molecule has 160 valence electrons. The normalized spacial score (nSPS) is 62.5. The fraction of sp³-hybridized carbons (Fsp3) is 0.765. The molecule has 6 aliphatic rings. The zero-order chi connectivity index (χ0) is 21.5. The molecule has 0 nitrogen and oxygen atoms in total. The molecule has 0 spiro atoms. The maximum absolute atomic E-state index is 7.09. The van der Waals surface area contributed by atoms with E-state index in [4.69, 9.17) is 139 Å². The van der Waals surface area contributed by atoms with Gasteiger partial charge in [0.2, 0.25) is 0 Å². The average molecular weight is 638 g/mol. The summed E-state index contributed by atoms with van der Waals surface area (Å²) in [4.78, 5) is -5.49. The first-order valence-electron chi connectivity index (χ1n) is 8.74. The molecule has 2 unspecified atom stereocenters. The highest BCUT2D eigenvalue weighted by atomic mass is 35.5. The summed E-state index contributed by atoms with van der Waals surface area (Å²) in [7, 11) is 0. The fourth-order valence-corrected chi connectivity index (χ4v) is 14.0. The summed E-state index contributed by atoms with van der Waals surface area (Å²) >= 11 is 81.8. The molecule has 12 heteroatoms. The minimum atomic E-state index is -1.62. The van der Waals surface area contributed by atoms with Gasteiger partial charge < -0.3 is 0 Å². The first-order valence-corrected chi connectivity index (χ1v) is 13.3. The summed E-state index contributed by atoms with van der Waals surface area (Å²) in [5.74, 6) is -1.48. The van der Waals surface area contributed by atoms with E-state index in [2.05, 4.69) is 0 Å². The zero-order valence-electron chi connectivity index (χ0n) is 13.7. The summed E-state index contributed by atoms with van der Waals surface area (Å²) in [6.07, 6.45) is 0.715. The number of fused-ring (bicyclic) bond motifs is 16. The van der Waals surface area contributed by atoms with E-state index in [0.29, 0.717) is 6.42 Å². The Kier molecular flexibility index (Phi) is 4.39. The van der Waals surface area contributed by atoms with Crippen molar-refractivity contribution < 1.29 is 0 Å². The quantitative estimate of drug-likeness (QED) is 0.184. The van der Waals surface area contributed by atoms with Gasteiger partial charge in [0.25, 0.3) is 0 Å². The van der Waals surface area contributed by atoms with Gasteiger partial charge in [-0.3, -0.25) is 0 Å². The lowest BCUT2D eigenvalue weighted by molar-refractivity contribution is 0.0959. The molecule has 0 saturated heterocycles. The smallest absolute Gasteiger partial charge is 0.109 e. The van der Waals surface area contributed by atoms with Crippen molar-refractivity contribution in [1.82, 2.24) is 0 Å². The minimum absolute atomic E-state index is 0.128. The van der Waals surface area contributed by atoms with E-state index in [1.165, 1.54) is 0 Å². The van der Waals surface area contributed by atoms with Gasteiger partial charge >= 0.3 is 0 Å². The van der Waals surface area contributed by atoms with Gasteiger partial charge in [-0.25, -0.2) is 0 Å². The lowest BCUT2D eigenvalue weighted by Crippen LogP contribution is -2.51. The van der Waals surface area contributed by atoms with Crippen LogP contribution in [-0.4, -0.2) is 28.2 Å². The van der Waals surface area contributed by atoms with Gasteiger partial charge in [-0.1, -0.05) is 92.8 Å². The van der Waals surface area contributed by atoms with Crippen LogP contribution in [0.1, 0.15) is 6.42 Å². The molecule has 29 heavy (non-hydrogen) atoms. The van der Waals surface area contributed by atoms with E-state index in [0.717, 1.165) is 0 Å². The van der Waals surface area contributed by atoms with Crippen molar-refractivity contribution >= 4 is 139 Å². The van der Waals surface area contributed by atoms with Crippen LogP contribution >= 0.6 is 139 Å². The average Bonchev–Trinajstić information content (AvgIpc) is 3.33. The van der Waals surface area contributed by atoms with E-state index < -0.39 is 28.2 Å². The van der Waals surface area contributed by atoms with Crippen molar-refractivity contribution in [2.75, 3.05) is 0 Å². The Morgan fingerprint density at radius 3 is 0.862 bits per heavy atom. The first-order chi connectivity index (χ1) is 13.1. The van der Waals surface area contributed by atoms with Crippen LogP contribution in [0.3, 0.4) is 0 Å². The van der Waals surface area contributed by atoms with Crippen molar-refractivity contribution in [2.45, 2.75) is 34.6 Å². The van der Waals surface area contributed by atoms with E-state index in [1.54, 1.807) is 0 Å². The van der Waals surface area contributed by atoms with Crippen molar-refractivity contribution in [2.24, 2.45) is 35.5 Å². The highest BCUT2D eigenvalue weighted by molar-refractivity contribution is 6.67. The number of rotatable bonds is 0. The van der Waals surface area contributed by atoms with Gasteiger partial charge in [0, 0.05) is 0 Å². The van der Waals surface area contributed by atoms with Crippen molar-refractivity contribution in [3.05, 3.63) is 20.1 Å². The van der Waals surface area contributed by atoms with Crippen LogP contribution in [-0.2, 0) is 0 Å². The molecule has 6 rings (SSSR count). The number of allylic oxidation sites excluding steroid dienone is 4. The maximum Gasteiger partial charge on any atom is 0.166 e. The lowest BCUT2D eigenvalue weighted by atomic mass is 9.61. The van der Waals surface area contributed by atoms with Gasteiger partial charge in [-0.2, -0.15) is 0 Å². The third-order valence-corrected chi connectivity index (χ3v) is 17.1. The Morgan fingerprint density at radius 1 is 0.448 bits per heavy atom. The number of hydrogen-bond acceptors (Lipinski definition) is 0. The Balaban J connectivity index is 1.62. The number of alkyl halides is 8. The molecule has 0 aromatic heterocycles. The van der Waals surface area contributed by atoms with E-state index in [1.807, 2.05) is 0 Å². The van der Waals surface area contributed by atoms with Crippen LogP contribution in [0.4, 0.5) is 0 Å². The summed E-state index contributed by atoms with van der Waals surface area (Å²) in [5.41, 5.74) is 0. The molecule has 6 aliphatic carbocycles. The molecule has 0 heterocycles. The minimum Gasteiger partial charge on any atom is -0.109 e. The third kappa shape index (κ3) is 1.72. The summed E-state index contributed by atoms with van der Waals surface area (Å²) < 4.78 is -3.25. The molecule has 4 saturated carbocycles. The molecular weight excluding hydrogens is 630 g/mol. The predicted octanol–water partition coefficient (Wildman–Crippen LogP) is 8.79. The molecule has 0 radical (unpaired) electrons. The molecule has 0 N–H and O–H groups in total. The second-order valence-electron chi connectivity index (χ2n) is 8.92. The molecule has 6 bridgehead atoms. The summed E-state index contributed by atoms with van der Waals surface area (Å²) in [6, 6.07) is 0. The van der Waals surface area contributed by atoms with Crippen LogP contribution in [0.25, 0.3) is 0 Å².